The van der Waals surface area contributed by atoms with Crippen LogP contribution in [0.4, 0.5) is 0 Å². The van der Waals surface area contributed by atoms with Gasteiger partial charge in [0, 0.05) is 19.4 Å². The molecule has 0 aliphatic carbocycles. The van der Waals surface area contributed by atoms with Crippen molar-refractivity contribution in [3.8, 4) is 0 Å². The van der Waals surface area contributed by atoms with Gasteiger partial charge in [0.15, 0.2) is 0 Å². The Morgan fingerprint density at radius 1 is 1.31 bits per heavy atom. The minimum Gasteiger partial charge on any atom is -0.328 e. The molecule has 0 aromatic heterocycles. The Hall–Kier alpha value is -0.900. The van der Waals surface area contributed by atoms with Crippen LogP contribution in [0, 0.1) is 11.8 Å². The topological polar surface area (TPSA) is 63.4 Å². The van der Waals surface area contributed by atoms with Gasteiger partial charge in [-0.1, -0.05) is 20.8 Å². The predicted molar refractivity (Wildman–Crippen MR) is 62.5 cm³/mol. The Labute approximate surface area is 97.2 Å². The Kier molecular flexibility index (Phi) is 4.47. The summed E-state index contributed by atoms with van der Waals surface area (Å²) in [4.78, 5) is 25.1. The van der Waals surface area contributed by atoms with E-state index < -0.39 is 0 Å². The number of rotatable bonds is 4. The number of carbonyl (C=O) groups is 2. The largest absolute Gasteiger partial charge is 0.328 e. The highest BCUT2D eigenvalue weighted by Crippen LogP contribution is 2.23. The van der Waals surface area contributed by atoms with Crippen LogP contribution >= 0.6 is 0 Å². The first-order valence-electron chi connectivity index (χ1n) is 6.00. The fraction of sp³-hybridized carbons (Fsp3) is 0.833. The van der Waals surface area contributed by atoms with E-state index in [0.717, 1.165) is 6.42 Å². The van der Waals surface area contributed by atoms with Crippen LogP contribution in [0.5, 0.6) is 0 Å². The summed E-state index contributed by atoms with van der Waals surface area (Å²) in [6, 6.07) is -0.118. The molecule has 0 bridgehead atoms. The third kappa shape index (κ3) is 3.04. The SMILES string of the molecule is CC(C)CC(CN)N1C(=O)CC(C)CC1=O. The van der Waals surface area contributed by atoms with Gasteiger partial charge in [0.05, 0.1) is 6.04 Å². The van der Waals surface area contributed by atoms with Crippen molar-refractivity contribution in [1.82, 2.24) is 4.90 Å². The maximum atomic E-state index is 11.8. The molecule has 2 N–H and O–H groups in total. The lowest BCUT2D eigenvalue weighted by molar-refractivity contribution is -0.152. The van der Waals surface area contributed by atoms with Crippen molar-refractivity contribution in [1.29, 1.82) is 0 Å². The fourth-order valence-electron chi connectivity index (χ4n) is 2.26. The molecule has 1 heterocycles. The zero-order valence-electron chi connectivity index (χ0n) is 10.4. The van der Waals surface area contributed by atoms with Crippen LogP contribution in [0.3, 0.4) is 0 Å². The van der Waals surface area contributed by atoms with Gasteiger partial charge in [0.25, 0.3) is 0 Å². The van der Waals surface area contributed by atoms with Crippen LogP contribution in [-0.4, -0.2) is 29.3 Å². The number of imide groups is 1. The third-order valence-corrected chi connectivity index (χ3v) is 2.96. The van der Waals surface area contributed by atoms with Crippen molar-refractivity contribution in [2.75, 3.05) is 6.54 Å². The van der Waals surface area contributed by atoms with Gasteiger partial charge in [-0.25, -0.2) is 0 Å². The molecular weight excluding hydrogens is 204 g/mol. The van der Waals surface area contributed by atoms with E-state index in [1.54, 1.807) is 0 Å². The van der Waals surface area contributed by atoms with Gasteiger partial charge in [0.2, 0.25) is 11.8 Å². The molecule has 1 rings (SSSR count). The zero-order chi connectivity index (χ0) is 12.3. The highest BCUT2D eigenvalue weighted by molar-refractivity contribution is 5.98. The Morgan fingerprint density at radius 2 is 1.81 bits per heavy atom. The summed E-state index contributed by atoms with van der Waals surface area (Å²) in [5.41, 5.74) is 5.66. The van der Waals surface area contributed by atoms with Gasteiger partial charge in [0.1, 0.15) is 0 Å². The Balaban J connectivity index is 2.75. The average molecular weight is 226 g/mol. The monoisotopic (exact) mass is 226 g/mol. The summed E-state index contributed by atoms with van der Waals surface area (Å²) >= 11 is 0. The number of nitrogens with two attached hydrogens (primary N) is 1. The smallest absolute Gasteiger partial charge is 0.229 e. The minimum atomic E-state index is -0.118. The molecule has 4 heteroatoms. The number of piperidine rings is 1. The molecule has 1 fully saturated rings. The zero-order valence-corrected chi connectivity index (χ0v) is 10.4. The quantitative estimate of drug-likeness (QED) is 0.731. The van der Waals surface area contributed by atoms with Crippen molar-refractivity contribution in [2.24, 2.45) is 17.6 Å². The number of likely N-dealkylation sites (tertiary alicyclic amines) is 1. The molecule has 0 radical (unpaired) electrons. The highest BCUT2D eigenvalue weighted by atomic mass is 16.2. The summed E-state index contributed by atoms with van der Waals surface area (Å²) in [6.07, 6.45) is 1.74. The van der Waals surface area contributed by atoms with Gasteiger partial charge < -0.3 is 5.73 Å². The second-order valence-electron chi connectivity index (χ2n) is 5.19. The van der Waals surface area contributed by atoms with E-state index in [2.05, 4.69) is 13.8 Å². The molecule has 1 aliphatic heterocycles. The number of amides is 2. The van der Waals surface area contributed by atoms with E-state index in [-0.39, 0.29) is 23.8 Å². The van der Waals surface area contributed by atoms with Crippen molar-refractivity contribution >= 4 is 11.8 Å². The van der Waals surface area contributed by atoms with Gasteiger partial charge in [-0.05, 0) is 18.3 Å². The van der Waals surface area contributed by atoms with Crippen LogP contribution < -0.4 is 5.73 Å². The molecule has 0 aromatic carbocycles. The fourth-order valence-corrected chi connectivity index (χ4v) is 2.26. The van der Waals surface area contributed by atoms with Gasteiger partial charge >= 0.3 is 0 Å². The van der Waals surface area contributed by atoms with Crippen molar-refractivity contribution in [2.45, 2.75) is 46.1 Å². The van der Waals surface area contributed by atoms with Crippen LogP contribution in [0.1, 0.15) is 40.0 Å². The van der Waals surface area contributed by atoms with Crippen LogP contribution in [0.25, 0.3) is 0 Å². The van der Waals surface area contributed by atoms with Crippen LogP contribution in [0.15, 0.2) is 0 Å². The molecule has 4 nitrogen and oxygen atoms in total. The summed E-state index contributed by atoms with van der Waals surface area (Å²) in [5.74, 6) is 0.502. The lowest BCUT2D eigenvalue weighted by Crippen LogP contribution is -2.52. The van der Waals surface area contributed by atoms with Gasteiger partial charge in [-0.2, -0.15) is 0 Å². The van der Waals surface area contributed by atoms with Crippen LogP contribution in [0.2, 0.25) is 0 Å². The number of hydrogen-bond donors (Lipinski definition) is 1. The van der Waals surface area contributed by atoms with Crippen molar-refractivity contribution in [3.63, 3.8) is 0 Å². The molecule has 1 aliphatic rings. The summed E-state index contributed by atoms with van der Waals surface area (Å²) in [6.45, 7) is 6.45. The Bertz CT molecular complexity index is 258. The van der Waals surface area contributed by atoms with Gasteiger partial charge in [-0.3, -0.25) is 14.5 Å². The molecule has 2 amide bonds. The molecule has 1 atom stereocenters. The van der Waals surface area contributed by atoms with E-state index in [0.29, 0.717) is 25.3 Å². The standard InChI is InChI=1S/C12H22N2O2/c1-8(2)4-10(7-13)14-11(15)5-9(3)6-12(14)16/h8-10H,4-7,13H2,1-3H3. The predicted octanol–water partition coefficient (Wildman–Crippen LogP) is 1.14. The normalized spacial score (nSPS) is 20.7. The molecule has 1 saturated heterocycles. The van der Waals surface area contributed by atoms with Crippen molar-refractivity contribution in [3.05, 3.63) is 0 Å². The number of nitrogens with zero attached hydrogens (tertiary/aromatic N) is 1. The molecular formula is C12H22N2O2. The average Bonchev–Trinajstić information content (AvgIpc) is 2.13. The molecule has 0 aromatic rings. The first kappa shape index (κ1) is 13.2. The van der Waals surface area contributed by atoms with E-state index in [1.807, 2.05) is 6.92 Å². The lowest BCUT2D eigenvalue weighted by Gasteiger charge is -2.35. The van der Waals surface area contributed by atoms with Crippen molar-refractivity contribution < 1.29 is 9.59 Å². The Morgan fingerprint density at radius 3 is 2.19 bits per heavy atom. The minimum absolute atomic E-state index is 0.0557. The molecule has 1 unspecified atom stereocenters. The van der Waals surface area contributed by atoms with E-state index >= 15 is 0 Å². The highest BCUT2D eigenvalue weighted by Gasteiger charge is 2.34. The maximum absolute atomic E-state index is 11.8. The first-order valence-corrected chi connectivity index (χ1v) is 6.00. The first-order chi connectivity index (χ1) is 7.45. The second-order valence-corrected chi connectivity index (χ2v) is 5.19. The van der Waals surface area contributed by atoms with E-state index in [4.69, 9.17) is 5.73 Å². The lowest BCUT2D eigenvalue weighted by atomic mass is 9.94. The molecule has 16 heavy (non-hydrogen) atoms. The molecule has 92 valence electrons. The van der Waals surface area contributed by atoms with Crippen LogP contribution in [-0.2, 0) is 9.59 Å². The molecule has 0 saturated carbocycles. The third-order valence-electron chi connectivity index (χ3n) is 2.96. The van der Waals surface area contributed by atoms with E-state index in [9.17, 15) is 9.59 Å². The molecule has 0 spiro atoms. The summed E-state index contributed by atoms with van der Waals surface area (Å²) in [7, 11) is 0. The van der Waals surface area contributed by atoms with E-state index in [1.165, 1.54) is 4.90 Å². The maximum Gasteiger partial charge on any atom is 0.229 e. The summed E-state index contributed by atoms with van der Waals surface area (Å²) in [5, 5.41) is 0. The second kappa shape index (κ2) is 5.43. The van der Waals surface area contributed by atoms with Gasteiger partial charge in [-0.15, -0.1) is 0 Å². The number of carbonyl (C=O) groups excluding carboxylic acids is 2. The summed E-state index contributed by atoms with van der Waals surface area (Å²) < 4.78 is 0. The number of hydrogen-bond acceptors (Lipinski definition) is 3.